The van der Waals surface area contributed by atoms with Crippen molar-refractivity contribution in [2.45, 2.75) is 26.1 Å². The van der Waals surface area contributed by atoms with E-state index < -0.39 is 0 Å². The SMILES string of the molecule is Cc1cccc(C2NC(=O)c3c(sc4c3CC[NH+](C)C4)N2)c1O. The molecule has 1 amide bonds. The number of para-hydroxylation sites is 1. The number of thiophene rings is 1. The number of phenols is 1. The highest BCUT2D eigenvalue weighted by atomic mass is 32.1. The van der Waals surface area contributed by atoms with E-state index in [9.17, 15) is 9.90 Å². The predicted octanol–water partition coefficient (Wildman–Crippen LogP) is 1.19. The zero-order valence-corrected chi connectivity index (χ0v) is 14.0. The lowest BCUT2D eigenvalue weighted by atomic mass is 10.00. The molecule has 2 unspecified atom stereocenters. The molecule has 3 heterocycles. The molecule has 0 bridgehead atoms. The zero-order valence-electron chi connectivity index (χ0n) is 13.2. The molecule has 6 heteroatoms. The Morgan fingerprint density at radius 2 is 2.17 bits per heavy atom. The average Bonchev–Trinajstić information content (AvgIpc) is 2.87. The zero-order chi connectivity index (χ0) is 16.1. The summed E-state index contributed by atoms with van der Waals surface area (Å²) in [5.74, 6) is 0.195. The van der Waals surface area contributed by atoms with Gasteiger partial charge in [0.2, 0.25) is 0 Å². The van der Waals surface area contributed by atoms with Crippen molar-refractivity contribution >= 4 is 22.2 Å². The molecule has 4 N–H and O–H groups in total. The second-order valence-electron chi connectivity index (χ2n) is 6.41. The Kier molecular flexibility index (Phi) is 3.32. The number of quaternary nitrogens is 1. The number of benzene rings is 1. The number of rotatable bonds is 1. The molecule has 1 aromatic carbocycles. The van der Waals surface area contributed by atoms with Gasteiger partial charge in [0.25, 0.3) is 5.91 Å². The van der Waals surface area contributed by atoms with Crippen LogP contribution in [0, 0.1) is 6.92 Å². The molecule has 0 saturated heterocycles. The molecule has 1 aromatic heterocycles. The number of carbonyl (C=O) groups is 1. The Labute approximate surface area is 138 Å². The topological polar surface area (TPSA) is 65.8 Å². The summed E-state index contributed by atoms with van der Waals surface area (Å²) in [5, 5.41) is 17.6. The summed E-state index contributed by atoms with van der Waals surface area (Å²) in [5.41, 5.74) is 3.52. The van der Waals surface area contributed by atoms with Crippen molar-refractivity contribution in [2.75, 3.05) is 18.9 Å². The van der Waals surface area contributed by atoms with Crippen LogP contribution >= 0.6 is 11.3 Å². The Hall–Kier alpha value is -2.05. The standard InChI is InChI=1S/C17H19N3O2S/c1-9-4-3-5-11(14(9)21)15-18-16(22)13-10-6-7-20(2)8-12(10)23-17(13)19-15/h3-5,15,19,21H,6-8H2,1-2H3,(H,18,22)/p+1. The van der Waals surface area contributed by atoms with E-state index in [1.54, 1.807) is 11.3 Å². The van der Waals surface area contributed by atoms with Crippen LogP contribution in [0.5, 0.6) is 5.75 Å². The Morgan fingerprint density at radius 3 is 3.00 bits per heavy atom. The molecular formula is C17H20N3O2S+. The van der Waals surface area contributed by atoms with Gasteiger partial charge in [0.05, 0.1) is 24.0 Å². The maximum atomic E-state index is 12.6. The fourth-order valence-electron chi connectivity index (χ4n) is 3.40. The molecule has 120 valence electrons. The highest BCUT2D eigenvalue weighted by Crippen LogP contribution is 2.40. The van der Waals surface area contributed by atoms with Crippen LogP contribution in [0.1, 0.15) is 38.1 Å². The third-order valence-electron chi connectivity index (χ3n) is 4.71. The third-order valence-corrected chi connectivity index (χ3v) is 5.88. The van der Waals surface area contributed by atoms with Crippen LogP contribution in [0.3, 0.4) is 0 Å². The van der Waals surface area contributed by atoms with Gasteiger partial charge in [-0.1, -0.05) is 18.2 Å². The van der Waals surface area contributed by atoms with Gasteiger partial charge in [0.15, 0.2) is 0 Å². The van der Waals surface area contributed by atoms with Crippen molar-refractivity contribution in [3.63, 3.8) is 0 Å². The first-order chi connectivity index (χ1) is 11.0. The number of carbonyl (C=O) groups excluding carboxylic acids is 1. The van der Waals surface area contributed by atoms with Crippen molar-refractivity contribution in [3.8, 4) is 5.75 Å². The Bertz CT molecular complexity index is 799. The molecule has 4 rings (SSSR count). The number of hydrogen-bond acceptors (Lipinski definition) is 4. The van der Waals surface area contributed by atoms with Gasteiger partial charge < -0.3 is 20.6 Å². The largest absolute Gasteiger partial charge is 0.507 e. The summed E-state index contributed by atoms with van der Waals surface area (Å²) in [4.78, 5) is 15.4. The summed E-state index contributed by atoms with van der Waals surface area (Å²) in [7, 11) is 2.18. The van der Waals surface area contributed by atoms with Crippen molar-refractivity contribution in [1.29, 1.82) is 0 Å². The predicted molar refractivity (Wildman–Crippen MR) is 90.2 cm³/mol. The van der Waals surface area contributed by atoms with E-state index in [1.807, 2.05) is 25.1 Å². The molecule has 0 saturated carbocycles. The van der Waals surface area contributed by atoms with E-state index in [0.29, 0.717) is 5.56 Å². The minimum atomic E-state index is -0.389. The van der Waals surface area contributed by atoms with Gasteiger partial charge in [0.1, 0.15) is 23.5 Å². The summed E-state index contributed by atoms with van der Waals surface area (Å²) < 4.78 is 0. The number of nitrogens with one attached hydrogen (secondary N) is 3. The smallest absolute Gasteiger partial charge is 0.256 e. The van der Waals surface area contributed by atoms with Crippen LogP contribution in [0.2, 0.25) is 0 Å². The maximum Gasteiger partial charge on any atom is 0.256 e. The van der Waals surface area contributed by atoms with Crippen LogP contribution in [0.25, 0.3) is 0 Å². The number of anilines is 1. The van der Waals surface area contributed by atoms with Crippen molar-refractivity contribution in [3.05, 3.63) is 45.3 Å². The molecule has 5 nitrogen and oxygen atoms in total. The second-order valence-corrected chi connectivity index (χ2v) is 7.51. The van der Waals surface area contributed by atoms with Crippen molar-refractivity contribution in [1.82, 2.24) is 5.32 Å². The second kappa shape index (κ2) is 5.25. The number of fused-ring (bicyclic) bond motifs is 3. The maximum absolute atomic E-state index is 12.6. The van der Waals surface area contributed by atoms with Crippen LogP contribution in [0.4, 0.5) is 5.00 Å². The molecule has 2 aromatic rings. The Morgan fingerprint density at radius 1 is 1.35 bits per heavy atom. The lowest BCUT2D eigenvalue weighted by molar-refractivity contribution is -0.895. The number of hydrogen-bond donors (Lipinski definition) is 4. The molecule has 2 aliphatic heterocycles. The first kappa shape index (κ1) is 14.5. The van der Waals surface area contributed by atoms with E-state index >= 15 is 0 Å². The fraction of sp³-hybridized carbons (Fsp3) is 0.353. The van der Waals surface area contributed by atoms with E-state index in [1.165, 1.54) is 15.3 Å². The Balaban J connectivity index is 1.73. The lowest BCUT2D eigenvalue weighted by Crippen LogP contribution is -3.08. The molecule has 2 aliphatic rings. The summed E-state index contributed by atoms with van der Waals surface area (Å²) >= 11 is 1.68. The first-order valence-electron chi connectivity index (χ1n) is 7.86. The molecule has 0 spiro atoms. The van der Waals surface area contributed by atoms with E-state index in [4.69, 9.17) is 0 Å². The summed E-state index contributed by atoms with van der Waals surface area (Å²) in [6.45, 7) is 3.89. The highest BCUT2D eigenvalue weighted by Gasteiger charge is 2.34. The van der Waals surface area contributed by atoms with Crippen LogP contribution in [-0.4, -0.2) is 24.6 Å². The van der Waals surface area contributed by atoms with E-state index in [-0.39, 0.29) is 17.8 Å². The molecule has 0 aliphatic carbocycles. The monoisotopic (exact) mass is 330 g/mol. The van der Waals surface area contributed by atoms with Gasteiger partial charge in [-0.25, -0.2) is 0 Å². The van der Waals surface area contributed by atoms with Gasteiger partial charge in [-0.2, -0.15) is 0 Å². The average molecular weight is 330 g/mol. The van der Waals surface area contributed by atoms with Crippen molar-refractivity contribution < 1.29 is 14.8 Å². The number of phenolic OH excluding ortho intramolecular Hbond substituents is 1. The quantitative estimate of drug-likeness (QED) is 0.635. The first-order valence-corrected chi connectivity index (χ1v) is 8.68. The number of aryl methyl sites for hydroxylation is 1. The van der Waals surface area contributed by atoms with Gasteiger partial charge in [-0.3, -0.25) is 4.79 Å². The number of likely N-dealkylation sites (N-methyl/N-ethyl adjacent to an activating group) is 1. The molecule has 0 radical (unpaired) electrons. The fourth-order valence-corrected chi connectivity index (χ4v) is 4.79. The minimum Gasteiger partial charge on any atom is -0.507 e. The number of aromatic hydroxyl groups is 1. The van der Waals surface area contributed by atoms with Crippen molar-refractivity contribution in [2.24, 2.45) is 0 Å². The normalized spacial score (nSPS) is 22.8. The molecule has 0 fully saturated rings. The van der Waals surface area contributed by atoms with Crippen LogP contribution in [-0.2, 0) is 13.0 Å². The van der Waals surface area contributed by atoms with Gasteiger partial charge in [-0.05, 0) is 18.1 Å². The lowest BCUT2D eigenvalue weighted by Gasteiger charge is -2.27. The minimum absolute atomic E-state index is 0.0401. The summed E-state index contributed by atoms with van der Waals surface area (Å²) in [6.07, 6.45) is 0.558. The van der Waals surface area contributed by atoms with Gasteiger partial charge in [0, 0.05) is 12.0 Å². The highest BCUT2D eigenvalue weighted by molar-refractivity contribution is 7.16. The number of amides is 1. The van der Waals surface area contributed by atoms with Crippen LogP contribution in [0.15, 0.2) is 18.2 Å². The molecular weight excluding hydrogens is 310 g/mol. The van der Waals surface area contributed by atoms with E-state index in [0.717, 1.165) is 35.6 Å². The third kappa shape index (κ3) is 2.29. The van der Waals surface area contributed by atoms with Gasteiger partial charge >= 0.3 is 0 Å². The molecule has 2 atom stereocenters. The van der Waals surface area contributed by atoms with Crippen LogP contribution < -0.4 is 15.5 Å². The molecule has 23 heavy (non-hydrogen) atoms. The van der Waals surface area contributed by atoms with E-state index in [2.05, 4.69) is 17.7 Å². The van der Waals surface area contributed by atoms with Gasteiger partial charge in [-0.15, -0.1) is 11.3 Å². The summed E-state index contributed by atoms with van der Waals surface area (Å²) in [6, 6.07) is 5.60.